The molecule has 1 aromatic heterocycles. The van der Waals surface area contributed by atoms with Gasteiger partial charge in [0.25, 0.3) is 0 Å². The van der Waals surface area contributed by atoms with Gasteiger partial charge in [0.1, 0.15) is 17.3 Å². The van der Waals surface area contributed by atoms with Gasteiger partial charge in [0.15, 0.2) is 0 Å². The van der Waals surface area contributed by atoms with Gasteiger partial charge in [0, 0.05) is 54.4 Å². The van der Waals surface area contributed by atoms with Gasteiger partial charge in [-0.25, -0.2) is 4.39 Å². The summed E-state index contributed by atoms with van der Waals surface area (Å²) in [5.41, 5.74) is 4.68. The van der Waals surface area contributed by atoms with Crippen LogP contribution >= 0.6 is 11.6 Å². The molecule has 0 N–H and O–H groups in total. The van der Waals surface area contributed by atoms with Gasteiger partial charge in [-0.2, -0.15) is 0 Å². The van der Waals surface area contributed by atoms with Crippen LogP contribution in [0.4, 0.5) is 10.1 Å². The van der Waals surface area contributed by atoms with E-state index in [0.29, 0.717) is 11.3 Å². The second-order valence-electron chi connectivity index (χ2n) is 8.56. The van der Waals surface area contributed by atoms with Crippen molar-refractivity contribution in [1.29, 1.82) is 0 Å². The van der Waals surface area contributed by atoms with Gasteiger partial charge in [-0.3, -0.25) is 4.90 Å². The van der Waals surface area contributed by atoms with E-state index in [4.69, 9.17) is 16.1 Å². The van der Waals surface area contributed by atoms with Crippen molar-refractivity contribution in [2.75, 3.05) is 37.6 Å². The summed E-state index contributed by atoms with van der Waals surface area (Å²) in [6, 6.07) is 14.9. The third-order valence-corrected chi connectivity index (χ3v) is 6.71. The molecule has 0 unspecified atom stereocenters. The zero-order chi connectivity index (χ0) is 21.9. The summed E-state index contributed by atoms with van der Waals surface area (Å²) in [7, 11) is 0. The van der Waals surface area contributed by atoms with Gasteiger partial charge in [-0.1, -0.05) is 40.5 Å². The fraction of sp³-hybridized carbons (Fsp3) is 0.346. The van der Waals surface area contributed by atoms with Crippen molar-refractivity contribution in [3.05, 3.63) is 76.3 Å². The first-order valence-corrected chi connectivity index (χ1v) is 11.7. The van der Waals surface area contributed by atoms with E-state index in [2.05, 4.69) is 27.1 Å². The standard InChI is InChI=1S/C26H27ClFN3O/c27-20-6-3-7-21(18-20)31-15-13-30(14-16-31)12-4-5-19-10-11-25-23(17-19)26(29-32-25)22-8-1-2-9-24(22)28/h1-3,6-9,17-18H,4-5,10-16H2. The Labute approximate surface area is 193 Å². The number of halogens is 2. The molecule has 2 heterocycles. The lowest BCUT2D eigenvalue weighted by molar-refractivity contribution is 0.255. The van der Waals surface area contributed by atoms with Crippen LogP contribution in [0, 0.1) is 5.82 Å². The first-order chi connectivity index (χ1) is 15.7. The van der Waals surface area contributed by atoms with E-state index in [1.54, 1.807) is 12.1 Å². The molecule has 6 heteroatoms. The van der Waals surface area contributed by atoms with Crippen molar-refractivity contribution >= 4 is 23.4 Å². The Morgan fingerprint density at radius 1 is 1.00 bits per heavy atom. The Morgan fingerprint density at radius 2 is 1.84 bits per heavy atom. The van der Waals surface area contributed by atoms with E-state index in [9.17, 15) is 4.39 Å². The minimum atomic E-state index is -0.263. The predicted octanol–water partition coefficient (Wildman–Crippen LogP) is 6.07. The van der Waals surface area contributed by atoms with Crippen LogP contribution in [0.2, 0.25) is 5.02 Å². The molecule has 2 aliphatic rings. The zero-order valence-corrected chi connectivity index (χ0v) is 18.8. The number of nitrogens with zero attached hydrogens (tertiary/aromatic N) is 3. The van der Waals surface area contributed by atoms with Crippen LogP contribution < -0.4 is 4.90 Å². The highest BCUT2D eigenvalue weighted by Crippen LogP contribution is 2.34. The molecule has 0 spiro atoms. The van der Waals surface area contributed by atoms with Crippen molar-refractivity contribution in [3.8, 4) is 11.3 Å². The molecule has 5 rings (SSSR count). The quantitative estimate of drug-likeness (QED) is 0.455. The molecule has 0 atom stereocenters. The Morgan fingerprint density at radius 3 is 2.66 bits per heavy atom. The zero-order valence-electron chi connectivity index (χ0n) is 18.1. The predicted molar refractivity (Wildman–Crippen MR) is 128 cm³/mol. The van der Waals surface area contributed by atoms with Crippen LogP contribution in [-0.4, -0.2) is 42.8 Å². The number of benzene rings is 2. The third-order valence-electron chi connectivity index (χ3n) is 6.47. The Bertz CT molecular complexity index is 1120. The lowest BCUT2D eigenvalue weighted by Gasteiger charge is -2.36. The number of fused-ring (bicyclic) bond motifs is 1. The van der Waals surface area contributed by atoms with E-state index < -0.39 is 0 Å². The molecule has 1 aliphatic carbocycles. The SMILES string of the molecule is Fc1ccccc1-c1noc2c1C=C(CCCN1CCN(c3cccc(Cl)c3)CC1)CC2. The minimum absolute atomic E-state index is 0.263. The largest absolute Gasteiger partial charge is 0.369 e. The summed E-state index contributed by atoms with van der Waals surface area (Å²) >= 11 is 6.14. The molecule has 1 saturated heterocycles. The number of piperazine rings is 1. The average Bonchev–Trinajstić information content (AvgIpc) is 3.23. The van der Waals surface area contributed by atoms with Gasteiger partial charge in [0.2, 0.25) is 0 Å². The molecule has 166 valence electrons. The first kappa shape index (κ1) is 21.2. The maximum absolute atomic E-state index is 14.3. The number of rotatable bonds is 6. The number of allylic oxidation sites excluding steroid dienone is 1. The summed E-state index contributed by atoms with van der Waals surface area (Å²) in [4.78, 5) is 4.95. The normalized spacial score (nSPS) is 16.7. The summed E-state index contributed by atoms with van der Waals surface area (Å²) in [6.45, 7) is 5.28. The molecule has 4 nitrogen and oxygen atoms in total. The smallest absolute Gasteiger partial charge is 0.144 e. The van der Waals surface area contributed by atoms with E-state index >= 15 is 0 Å². The first-order valence-electron chi connectivity index (χ1n) is 11.3. The molecule has 3 aromatic rings. The highest BCUT2D eigenvalue weighted by Gasteiger charge is 2.22. The number of aryl methyl sites for hydroxylation is 1. The van der Waals surface area contributed by atoms with Crippen LogP contribution in [0.15, 0.2) is 58.6 Å². The summed E-state index contributed by atoms with van der Waals surface area (Å²) in [5.74, 6) is 0.602. The molecule has 1 aliphatic heterocycles. The maximum atomic E-state index is 14.3. The molecule has 2 aromatic carbocycles. The second-order valence-corrected chi connectivity index (χ2v) is 9.00. The highest BCUT2D eigenvalue weighted by atomic mass is 35.5. The molecule has 32 heavy (non-hydrogen) atoms. The van der Waals surface area contributed by atoms with Crippen molar-refractivity contribution in [2.24, 2.45) is 0 Å². The minimum Gasteiger partial charge on any atom is -0.369 e. The Balaban J connectivity index is 1.16. The lowest BCUT2D eigenvalue weighted by atomic mass is 9.92. The van der Waals surface area contributed by atoms with Crippen LogP contribution in [-0.2, 0) is 6.42 Å². The number of anilines is 1. The summed E-state index contributed by atoms with van der Waals surface area (Å²) < 4.78 is 19.8. The van der Waals surface area contributed by atoms with Gasteiger partial charge in [0.05, 0.1) is 0 Å². The molecule has 0 radical (unpaired) electrons. The molecule has 0 saturated carbocycles. The van der Waals surface area contributed by atoms with Crippen molar-refractivity contribution in [2.45, 2.75) is 25.7 Å². The lowest BCUT2D eigenvalue weighted by Crippen LogP contribution is -2.46. The van der Waals surface area contributed by atoms with Crippen LogP contribution in [0.1, 0.15) is 30.6 Å². The van der Waals surface area contributed by atoms with Gasteiger partial charge >= 0.3 is 0 Å². The van der Waals surface area contributed by atoms with Crippen LogP contribution in [0.5, 0.6) is 0 Å². The maximum Gasteiger partial charge on any atom is 0.144 e. The monoisotopic (exact) mass is 451 g/mol. The fourth-order valence-electron chi connectivity index (χ4n) is 4.69. The molecular weight excluding hydrogens is 425 g/mol. The second kappa shape index (κ2) is 9.47. The third kappa shape index (κ3) is 4.59. The van der Waals surface area contributed by atoms with E-state index in [1.165, 1.54) is 17.3 Å². The number of hydrogen-bond donors (Lipinski definition) is 0. The summed E-state index contributed by atoms with van der Waals surface area (Å²) in [5, 5.41) is 4.97. The van der Waals surface area contributed by atoms with Crippen molar-refractivity contribution in [3.63, 3.8) is 0 Å². The number of aromatic nitrogens is 1. The van der Waals surface area contributed by atoms with Gasteiger partial charge in [-0.05, 0) is 62.2 Å². The number of hydrogen-bond acceptors (Lipinski definition) is 4. The van der Waals surface area contributed by atoms with Gasteiger partial charge < -0.3 is 9.42 Å². The molecule has 0 amide bonds. The molecule has 0 bridgehead atoms. The van der Waals surface area contributed by atoms with E-state index in [-0.39, 0.29) is 5.82 Å². The van der Waals surface area contributed by atoms with Crippen LogP contribution in [0.25, 0.3) is 17.3 Å². The fourth-order valence-corrected chi connectivity index (χ4v) is 4.87. The van der Waals surface area contributed by atoms with Crippen LogP contribution in [0.3, 0.4) is 0 Å². The van der Waals surface area contributed by atoms with E-state index in [1.807, 2.05) is 24.3 Å². The Kier molecular flexibility index (Phi) is 6.28. The summed E-state index contributed by atoms with van der Waals surface area (Å²) in [6.07, 6.45) is 6.17. The average molecular weight is 452 g/mol. The van der Waals surface area contributed by atoms with Crippen molar-refractivity contribution < 1.29 is 8.91 Å². The molecular formula is C26H27ClFN3O. The Hall–Kier alpha value is -2.63. The van der Waals surface area contributed by atoms with Crippen molar-refractivity contribution in [1.82, 2.24) is 10.1 Å². The topological polar surface area (TPSA) is 32.5 Å². The van der Waals surface area contributed by atoms with E-state index in [0.717, 1.165) is 74.8 Å². The highest BCUT2D eigenvalue weighted by molar-refractivity contribution is 6.30. The molecule has 1 fully saturated rings. The van der Waals surface area contributed by atoms with Gasteiger partial charge in [-0.15, -0.1) is 0 Å².